The summed E-state index contributed by atoms with van der Waals surface area (Å²) >= 11 is 2.92. The number of tetrazole rings is 1. The molecule has 9 nitrogen and oxygen atoms in total. The molecule has 0 atom stereocenters. The molecule has 0 saturated carbocycles. The smallest absolute Gasteiger partial charge is 0.283 e. The van der Waals surface area contributed by atoms with Gasteiger partial charge in [-0.25, -0.2) is 14.6 Å². The van der Waals surface area contributed by atoms with Crippen molar-refractivity contribution in [2.45, 2.75) is 24.0 Å². The van der Waals surface area contributed by atoms with Gasteiger partial charge in [0, 0.05) is 17.3 Å². The van der Waals surface area contributed by atoms with Crippen molar-refractivity contribution in [1.82, 2.24) is 39.5 Å². The van der Waals surface area contributed by atoms with Gasteiger partial charge < -0.3 is 0 Å². The Morgan fingerprint density at radius 1 is 1.10 bits per heavy atom. The predicted octanol–water partition coefficient (Wildman–Crippen LogP) is 2.92. The molecule has 0 unspecified atom stereocenters. The van der Waals surface area contributed by atoms with E-state index in [2.05, 4.69) is 25.5 Å². The van der Waals surface area contributed by atoms with Gasteiger partial charge in [0.25, 0.3) is 5.56 Å². The highest BCUT2D eigenvalue weighted by Gasteiger charge is 2.23. The van der Waals surface area contributed by atoms with Gasteiger partial charge in [-0.3, -0.25) is 9.48 Å². The van der Waals surface area contributed by atoms with Crippen LogP contribution in [0.25, 0.3) is 21.6 Å². The zero-order valence-corrected chi connectivity index (χ0v) is 18.0. The molecule has 5 aromatic rings. The van der Waals surface area contributed by atoms with Crippen LogP contribution in [-0.2, 0) is 7.05 Å². The van der Waals surface area contributed by atoms with E-state index in [-0.39, 0.29) is 5.56 Å². The van der Waals surface area contributed by atoms with E-state index >= 15 is 0 Å². The first-order valence-electron chi connectivity index (χ1n) is 9.06. The molecule has 0 fully saturated rings. The molecular weight excluding hydrogens is 420 g/mol. The Morgan fingerprint density at radius 2 is 1.90 bits per heavy atom. The van der Waals surface area contributed by atoms with Crippen molar-refractivity contribution < 1.29 is 0 Å². The Balaban J connectivity index is 1.63. The van der Waals surface area contributed by atoms with E-state index in [1.807, 2.05) is 57.3 Å². The van der Waals surface area contributed by atoms with Gasteiger partial charge in [0.2, 0.25) is 5.16 Å². The summed E-state index contributed by atoms with van der Waals surface area (Å²) in [6.07, 6.45) is 1.53. The van der Waals surface area contributed by atoms with Crippen LogP contribution in [0.2, 0.25) is 0 Å². The number of hydrogen-bond donors (Lipinski definition) is 0. The fourth-order valence-corrected chi connectivity index (χ4v) is 5.04. The SMILES string of the molecule is Cc1cc2c(Sc3nnnn3-c3c(C)n(C)n(-c4ccccc4)c3=O)ncnc2s1. The first-order valence-corrected chi connectivity index (χ1v) is 10.7. The molecular formula is C19H16N8OS2. The maximum absolute atomic E-state index is 13.3. The van der Waals surface area contributed by atoms with Crippen molar-refractivity contribution in [2.24, 2.45) is 7.05 Å². The minimum Gasteiger partial charge on any atom is -0.283 e. The molecule has 1 aromatic carbocycles. The maximum Gasteiger partial charge on any atom is 0.297 e. The van der Waals surface area contributed by atoms with E-state index in [1.165, 1.54) is 22.8 Å². The summed E-state index contributed by atoms with van der Waals surface area (Å²) in [4.78, 5) is 24.1. The van der Waals surface area contributed by atoms with Crippen molar-refractivity contribution in [2.75, 3.05) is 0 Å². The largest absolute Gasteiger partial charge is 0.297 e. The molecule has 0 aliphatic heterocycles. The first kappa shape index (κ1) is 18.7. The standard InChI is InChI=1S/C19H16N8OS2/c1-11-9-14-16(29-11)20-10-21-17(14)30-19-22-23-24-26(19)15-12(2)25(3)27(18(15)28)13-7-5-4-6-8-13/h4-10H,1-3H3. The van der Waals surface area contributed by atoms with Crippen molar-refractivity contribution in [3.05, 3.63) is 63.7 Å². The highest BCUT2D eigenvalue weighted by Crippen LogP contribution is 2.34. The number of para-hydroxylation sites is 1. The molecule has 0 spiro atoms. The molecule has 0 aliphatic carbocycles. The van der Waals surface area contributed by atoms with Crippen molar-refractivity contribution in [3.63, 3.8) is 0 Å². The van der Waals surface area contributed by atoms with Gasteiger partial charge in [0.15, 0.2) is 5.69 Å². The van der Waals surface area contributed by atoms with Crippen LogP contribution < -0.4 is 5.56 Å². The molecule has 0 saturated heterocycles. The highest BCUT2D eigenvalue weighted by molar-refractivity contribution is 7.99. The summed E-state index contributed by atoms with van der Waals surface area (Å²) in [7, 11) is 1.84. The van der Waals surface area contributed by atoms with E-state index in [4.69, 9.17) is 0 Å². The van der Waals surface area contributed by atoms with Gasteiger partial charge in [0.05, 0.1) is 11.4 Å². The fraction of sp³-hybridized carbons (Fsp3) is 0.158. The number of benzene rings is 1. The average Bonchev–Trinajstić information content (AvgIpc) is 3.40. The summed E-state index contributed by atoms with van der Waals surface area (Å²) in [5.41, 5.74) is 1.72. The lowest BCUT2D eigenvalue weighted by Gasteiger charge is -2.07. The Hall–Kier alpha value is -3.31. The average molecular weight is 437 g/mol. The van der Waals surface area contributed by atoms with Gasteiger partial charge in [0.1, 0.15) is 16.2 Å². The van der Waals surface area contributed by atoms with Gasteiger partial charge in [-0.15, -0.1) is 16.4 Å². The molecule has 11 heteroatoms. The summed E-state index contributed by atoms with van der Waals surface area (Å²) in [5.74, 6) is 0. The quantitative estimate of drug-likeness (QED) is 0.400. The van der Waals surface area contributed by atoms with Gasteiger partial charge in [-0.2, -0.15) is 4.68 Å². The number of hydrogen-bond acceptors (Lipinski definition) is 8. The van der Waals surface area contributed by atoms with Crippen LogP contribution in [0.4, 0.5) is 0 Å². The van der Waals surface area contributed by atoms with Crippen molar-refractivity contribution in [3.8, 4) is 11.4 Å². The van der Waals surface area contributed by atoms with E-state index in [1.54, 1.807) is 20.7 Å². The third kappa shape index (κ3) is 2.94. The third-order valence-corrected chi connectivity index (χ3v) is 6.69. The first-order chi connectivity index (χ1) is 14.5. The Bertz CT molecular complexity index is 1430. The number of aryl methyl sites for hydroxylation is 1. The Morgan fingerprint density at radius 3 is 2.70 bits per heavy atom. The van der Waals surface area contributed by atoms with Crippen LogP contribution >= 0.6 is 23.1 Å². The molecule has 0 amide bonds. The number of rotatable bonds is 4. The molecule has 4 heterocycles. The minimum absolute atomic E-state index is 0.199. The van der Waals surface area contributed by atoms with Crippen LogP contribution in [0.5, 0.6) is 0 Å². The third-order valence-electron chi connectivity index (χ3n) is 4.78. The topological polar surface area (TPSA) is 96.3 Å². The van der Waals surface area contributed by atoms with Gasteiger partial charge >= 0.3 is 0 Å². The van der Waals surface area contributed by atoms with Crippen molar-refractivity contribution >= 4 is 33.3 Å². The van der Waals surface area contributed by atoms with E-state index in [0.717, 1.165) is 31.5 Å². The van der Waals surface area contributed by atoms with Crippen LogP contribution in [0, 0.1) is 13.8 Å². The Kier molecular flexibility index (Phi) is 4.48. The van der Waals surface area contributed by atoms with Gasteiger partial charge in [-0.1, -0.05) is 18.2 Å². The Labute approximate surface area is 179 Å². The summed E-state index contributed by atoms with van der Waals surface area (Å²) in [6, 6.07) is 11.5. The van der Waals surface area contributed by atoms with E-state index in [0.29, 0.717) is 10.8 Å². The van der Waals surface area contributed by atoms with Crippen LogP contribution in [-0.4, -0.2) is 39.5 Å². The second kappa shape index (κ2) is 7.18. The molecule has 150 valence electrons. The zero-order valence-electron chi connectivity index (χ0n) is 16.3. The summed E-state index contributed by atoms with van der Waals surface area (Å²) < 4.78 is 4.88. The lowest BCUT2D eigenvalue weighted by atomic mass is 10.3. The second-order valence-electron chi connectivity index (χ2n) is 6.64. The van der Waals surface area contributed by atoms with Gasteiger partial charge in [-0.05, 0) is 54.2 Å². The lowest BCUT2D eigenvalue weighted by molar-refractivity contribution is 0.630. The minimum atomic E-state index is -0.199. The van der Waals surface area contributed by atoms with E-state index < -0.39 is 0 Å². The van der Waals surface area contributed by atoms with Crippen molar-refractivity contribution in [1.29, 1.82) is 0 Å². The number of aromatic nitrogens is 8. The number of fused-ring (bicyclic) bond motifs is 1. The molecule has 30 heavy (non-hydrogen) atoms. The number of nitrogens with zero attached hydrogens (tertiary/aromatic N) is 8. The monoisotopic (exact) mass is 436 g/mol. The fourth-order valence-electron chi connectivity index (χ4n) is 3.30. The molecule has 0 N–H and O–H groups in total. The maximum atomic E-state index is 13.3. The lowest BCUT2D eigenvalue weighted by Crippen LogP contribution is -2.22. The van der Waals surface area contributed by atoms with Crippen LogP contribution in [0.1, 0.15) is 10.6 Å². The number of thiophene rings is 1. The normalized spacial score (nSPS) is 11.4. The second-order valence-corrected chi connectivity index (χ2v) is 8.83. The van der Waals surface area contributed by atoms with Crippen LogP contribution in [0.15, 0.2) is 57.7 Å². The van der Waals surface area contributed by atoms with E-state index in [9.17, 15) is 4.79 Å². The molecule has 0 radical (unpaired) electrons. The molecule has 5 rings (SSSR count). The predicted molar refractivity (Wildman–Crippen MR) is 115 cm³/mol. The molecule has 4 aromatic heterocycles. The summed E-state index contributed by atoms with van der Waals surface area (Å²) in [6.45, 7) is 3.90. The molecule has 0 aliphatic rings. The highest BCUT2D eigenvalue weighted by atomic mass is 32.2. The van der Waals surface area contributed by atoms with Crippen LogP contribution in [0.3, 0.4) is 0 Å². The zero-order chi connectivity index (χ0) is 20.8. The summed E-state index contributed by atoms with van der Waals surface area (Å²) in [5, 5.41) is 14.2. The molecule has 0 bridgehead atoms.